The van der Waals surface area contributed by atoms with Crippen LogP contribution in [-0.2, 0) is 4.79 Å². The van der Waals surface area contributed by atoms with Crippen LogP contribution in [0.3, 0.4) is 0 Å². The van der Waals surface area contributed by atoms with Crippen molar-refractivity contribution in [2.24, 2.45) is 5.41 Å². The maximum absolute atomic E-state index is 11.9. The lowest BCUT2D eigenvalue weighted by molar-refractivity contribution is -0.126. The summed E-state index contributed by atoms with van der Waals surface area (Å²) in [5, 5.41) is 3.14. The van der Waals surface area contributed by atoms with Crippen LogP contribution in [0.2, 0.25) is 0 Å². The number of nitrogens with one attached hydrogen (secondary N) is 1. The number of halogens is 2. The lowest BCUT2D eigenvalue weighted by Crippen LogP contribution is -2.39. The van der Waals surface area contributed by atoms with E-state index in [1.54, 1.807) is 0 Å². The summed E-state index contributed by atoms with van der Waals surface area (Å²) in [6.07, 6.45) is 5.70. The topological polar surface area (TPSA) is 29.1 Å². The van der Waals surface area contributed by atoms with E-state index in [1.165, 1.54) is 12.8 Å². The number of hydrogen-bond acceptors (Lipinski definition) is 1. The number of rotatable bonds is 2. The van der Waals surface area contributed by atoms with Gasteiger partial charge in [0.2, 0.25) is 5.91 Å². The molecule has 2 nitrogen and oxygen atoms in total. The Bertz CT molecular complexity index is 261. The fourth-order valence-electron chi connectivity index (χ4n) is 2.06. The normalized spacial score (nSPS) is 35.6. The van der Waals surface area contributed by atoms with E-state index < -0.39 is 0 Å². The summed E-state index contributed by atoms with van der Waals surface area (Å²) in [5.74, 6) is 0.193. The molecule has 0 spiro atoms. The smallest absolute Gasteiger partial charge is 0.228 e. The molecule has 2 aliphatic rings. The van der Waals surface area contributed by atoms with Gasteiger partial charge >= 0.3 is 0 Å². The minimum absolute atomic E-state index is 0.157. The highest BCUT2D eigenvalue weighted by molar-refractivity contribution is 9.25. The third kappa shape index (κ3) is 1.75. The Kier molecular flexibility index (Phi) is 2.71. The molecular weight excluding hydrogens is 310 g/mol. The molecule has 80 valence electrons. The fourth-order valence-corrected chi connectivity index (χ4v) is 3.54. The highest BCUT2D eigenvalue weighted by Crippen LogP contribution is 2.66. The fraction of sp³-hybridized carbons (Fsp3) is 0.900. The quantitative estimate of drug-likeness (QED) is 0.777. The Labute approximate surface area is 101 Å². The molecule has 2 saturated carbocycles. The molecule has 0 aromatic heterocycles. The van der Waals surface area contributed by atoms with Gasteiger partial charge in [0.1, 0.15) is 0 Å². The van der Waals surface area contributed by atoms with E-state index in [-0.39, 0.29) is 14.6 Å². The van der Waals surface area contributed by atoms with Crippen LogP contribution < -0.4 is 5.32 Å². The van der Waals surface area contributed by atoms with Gasteiger partial charge in [0.15, 0.2) is 0 Å². The first kappa shape index (κ1) is 10.9. The van der Waals surface area contributed by atoms with Gasteiger partial charge in [-0.25, -0.2) is 0 Å². The number of carbonyl (C=O) groups excluding carboxylic acids is 1. The molecule has 14 heavy (non-hydrogen) atoms. The molecule has 2 fully saturated rings. The second-order valence-corrected chi connectivity index (χ2v) is 8.44. The number of hydrogen-bond donors (Lipinski definition) is 1. The van der Waals surface area contributed by atoms with Crippen LogP contribution >= 0.6 is 31.9 Å². The third-order valence-electron chi connectivity index (χ3n) is 3.45. The largest absolute Gasteiger partial charge is 0.353 e. The molecule has 0 saturated heterocycles. The molecule has 0 unspecified atom stereocenters. The van der Waals surface area contributed by atoms with Crippen molar-refractivity contribution in [2.75, 3.05) is 0 Å². The van der Waals surface area contributed by atoms with Gasteiger partial charge in [0.05, 0.1) is 8.65 Å². The summed E-state index contributed by atoms with van der Waals surface area (Å²) in [6, 6.07) is 0.427. The Hall–Kier alpha value is 0.430. The second kappa shape index (κ2) is 3.48. The van der Waals surface area contributed by atoms with Gasteiger partial charge in [-0.05, 0) is 26.2 Å². The highest BCUT2D eigenvalue weighted by atomic mass is 79.9. The van der Waals surface area contributed by atoms with Crippen molar-refractivity contribution in [2.45, 2.75) is 48.3 Å². The molecule has 0 aromatic carbocycles. The van der Waals surface area contributed by atoms with Crippen molar-refractivity contribution in [1.82, 2.24) is 5.32 Å². The summed E-state index contributed by atoms with van der Waals surface area (Å²) in [6.45, 7) is 2.00. The maximum Gasteiger partial charge on any atom is 0.228 e. The first-order chi connectivity index (χ1) is 6.46. The van der Waals surface area contributed by atoms with Crippen molar-refractivity contribution in [1.29, 1.82) is 0 Å². The average molecular weight is 325 g/mol. The van der Waals surface area contributed by atoms with Crippen LogP contribution in [0.25, 0.3) is 0 Å². The van der Waals surface area contributed by atoms with E-state index in [0.29, 0.717) is 6.04 Å². The molecular formula is C10H15Br2NO. The lowest BCUT2D eigenvalue weighted by atomic mass is 10.1. The SMILES string of the molecule is C[C@]1(C(=O)NC2CCCC2)CC1(Br)Br. The number of carbonyl (C=O) groups is 1. The standard InChI is InChI=1S/C10H15Br2NO/c1-9(6-10(9,11)12)8(14)13-7-4-2-3-5-7/h7H,2-6H2,1H3,(H,13,14)/t9-/m1/s1. The molecule has 1 atom stereocenters. The average Bonchev–Trinajstić information content (AvgIpc) is 2.54. The highest BCUT2D eigenvalue weighted by Gasteiger charge is 2.66. The predicted molar refractivity (Wildman–Crippen MR) is 63.7 cm³/mol. The zero-order chi connectivity index (χ0) is 10.4. The van der Waals surface area contributed by atoms with Crippen LogP contribution in [0.15, 0.2) is 0 Å². The molecule has 0 aliphatic heterocycles. The minimum Gasteiger partial charge on any atom is -0.353 e. The molecule has 0 heterocycles. The Morgan fingerprint density at radius 1 is 1.36 bits per heavy atom. The molecule has 0 bridgehead atoms. The van der Waals surface area contributed by atoms with Gasteiger partial charge in [-0.2, -0.15) is 0 Å². The summed E-state index contributed by atoms with van der Waals surface area (Å²) in [7, 11) is 0. The van der Waals surface area contributed by atoms with Gasteiger partial charge < -0.3 is 5.32 Å². The van der Waals surface area contributed by atoms with Gasteiger partial charge in [-0.3, -0.25) is 4.79 Å². The van der Waals surface area contributed by atoms with Gasteiger partial charge in [0.25, 0.3) is 0 Å². The Balaban J connectivity index is 1.90. The van der Waals surface area contributed by atoms with Crippen LogP contribution in [-0.4, -0.2) is 15.2 Å². The molecule has 1 amide bonds. The van der Waals surface area contributed by atoms with E-state index in [4.69, 9.17) is 0 Å². The van der Waals surface area contributed by atoms with Crippen molar-refractivity contribution in [3.8, 4) is 0 Å². The van der Waals surface area contributed by atoms with Gasteiger partial charge in [0, 0.05) is 6.04 Å². The molecule has 4 heteroatoms. The first-order valence-electron chi connectivity index (χ1n) is 5.14. The van der Waals surface area contributed by atoms with Crippen LogP contribution in [0.4, 0.5) is 0 Å². The van der Waals surface area contributed by atoms with E-state index in [2.05, 4.69) is 37.2 Å². The van der Waals surface area contributed by atoms with Crippen LogP contribution in [0.1, 0.15) is 39.0 Å². The van der Waals surface area contributed by atoms with E-state index in [0.717, 1.165) is 19.3 Å². The van der Waals surface area contributed by atoms with Crippen LogP contribution in [0, 0.1) is 5.41 Å². The first-order valence-corrected chi connectivity index (χ1v) is 6.73. The monoisotopic (exact) mass is 323 g/mol. The van der Waals surface area contributed by atoms with E-state index in [1.807, 2.05) is 6.92 Å². The Morgan fingerprint density at radius 3 is 2.29 bits per heavy atom. The lowest BCUT2D eigenvalue weighted by Gasteiger charge is -2.17. The predicted octanol–water partition coefficient (Wildman–Crippen LogP) is 2.94. The van der Waals surface area contributed by atoms with Crippen molar-refractivity contribution in [3.05, 3.63) is 0 Å². The second-order valence-electron chi connectivity index (χ2n) is 4.67. The van der Waals surface area contributed by atoms with Gasteiger partial charge in [-0.15, -0.1) is 0 Å². The maximum atomic E-state index is 11.9. The molecule has 1 N–H and O–H groups in total. The minimum atomic E-state index is -0.254. The zero-order valence-corrected chi connectivity index (χ0v) is 11.4. The van der Waals surface area contributed by atoms with E-state index in [9.17, 15) is 4.79 Å². The third-order valence-corrected chi connectivity index (χ3v) is 5.76. The summed E-state index contributed by atoms with van der Waals surface area (Å²) >= 11 is 7.03. The van der Waals surface area contributed by atoms with Crippen molar-refractivity contribution in [3.63, 3.8) is 0 Å². The summed E-state index contributed by atoms with van der Waals surface area (Å²) in [5.41, 5.74) is -0.254. The van der Waals surface area contributed by atoms with Crippen LogP contribution in [0.5, 0.6) is 0 Å². The summed E-state index contributed by atoms with van der Waals surface area (Å²) in [4.78, 5) is 11.9. The Morgan fingerprint density at radius 2 is 1.86 bits per heavy atom. The molecule has 2 rings (SSSR count). The molecule has 2 aliphatic carbocycles. The summed E-state index contributed by atoms with van der Waals surface area (Å²) < 4.78 is -0.157. The van der Waals surface area contributed by atoms with Gasteiger partial charge in [-0.1, -0.05) is 44.7 Å². The number of amides is 1. The van der Waals surface area contributed by atoms with Crippen molar-refractivity contribution < 1.29 is 4.79 Å². The molecule has 0 aromatic rings. The zero-order valence-electron chi connectivity index (χ0n) is 8.28. The number of alkyl halides is 2. The van der Waals surface area contributed by atoms with E-state index >= 15 is 0 Å². The molecule has 0 radical (unpaired) electrons. The van der Waals surface area contributed by atoms with Crippen molar-refractivity contribution >= 4 is 37.8 Å².